The summed E-state index contributed by atoms with van der Waals surface area (Å²) < 4.78 is 40.4. The molecule has 18 heavy (non-hydrogen) atoms. The zero-order chi connectivity index (χ0) is 13.6. The fourth-order valence-corrected chi connectivity index (χ4v) is 1.46. The Labute approximate surface area is 103 Å². The molecule has 0 heterocycles. The molecule has 0 radical (unpaired) electrons. The van der Waals surface area contributed by atoms with Gasteiger partial charge in [0.15, 0.2) is 0 Å². The van der Waals surface area contributed by atoms with Crippen molar-refractivity contribution in [1.82, 2.24) is 0 Å². The number of ether oxygens (including phenoxy) is 1. The molecule has 98 valence electrons. The van der Waals surface area contributed by atoms with Gasteiger partial charge < -0.3 is 9.84 Å². The highest BCUT2D eigenvalue weighted by molar-refractivity contribution is 5.35. The maximum absolute atomic E-state index is 12.2. The van der Waals surface area contributed by atoms with Crippen LogP contribution in [0.4, 0.5) is 13.2 Å². The highest BCUT2D eigenvalue weighted by atomic mass is 19.4. The van der Waals surface area contributed by atoms with Crippen LogP contribution in [0.1, 0.15) is 31.4 Å². The highest BCUT2D eigenvalue weighted by Crippen LogP contribution is 2.31. The average Bonchev–Trinajstić information content (AvgIpc) is 2.27. The number of aliphatic hydroxyl groups is 1. The molecule has 0 saturated carbocycles. The lowest BCUT2D eigenvalue weighted by molar-refractivity contribution is -0.275. The van der Waals surface area contributed by atoms with E-state index in [4.69, 9.17) is 0 Å². The van der Waals surface area contributed by atoms with Crippen LogP contribution < -0.4 is 4.74 Å². The van der Waals surface area contributed by atoms with Gasteiger partial charge in [-0.15, -0.1) is 25.0 Å². The molecule has 2 nitrogen and oxygen atoms in total. The predicted octanol–water partition coefficient (Wildman–Crippen LogP) is 3.42. The van der Waals surface area contributed by atoms with E-state index in [0.29, 0.717) is 6.42 Å². The third kappa shape index (κ3) is 4.68. The molecule has 0 aliphatic heterocycles. The predicted molar refractivity (Wildman–Crippen MR) is 60.8 cm³/mol. The average molecular weight is 258 g/mol. The minimum absolute atomic E-state index is 0.118. The van der Waals surface area contributed by atoms with Gasteiger partial charge in [0.1, 0.15) is 5.75 Å². The summed E-state index contributed by atoms with van der Waals surface area (Å²) in [6.45, 7) is 1.66. The Hall–Kier alpha value is -1.67. The van der Waals surface area contributed by atoms with Crippen LogP contribution in [0, 0.1) is 11.8 Å². The third-order valence-corrected chi connectivity index (χ3v) is 2.22. The van der Waals surface area contributed by atoms with Gasteiger partial charge in [0.05, 0.1) is 6.10 Å². The summed E-state index contributed by atoms with van der Waals surface area (Å²) >= 11 is 0. The third-order valence-electron chi connectivity index (χ3n) is 2.22. The first-order valence-electron chi connectivity index (χ1n) is 5.36. The number of hydrogen-bond donors (Lipinski definition) is 1. The van der Waals surface area contributed by atoms with Crippen molar-refractivity contribution in [3.05, 3.63) is 29.8 Å². The fraction of sp³-hybridized carbons (Fsp3) is 0.385. The van der Waals surface area contributed by atoms with Crippen LogP contribution >= 0.6 is 0 Å². The van der Waals surface area contributed by atoms with E-state index in [1.54, 1.807) is 13.0 Å². The summed E-state index contributed by atoms with van der Waals surface area (Å²) in [5.41, 5.74) is 0.118. The van der Waals surface area contributed by atoms with Crippen molar-refractivity contribution >= 4 is 0 Å². The fourth-order valence-electron chi connectivity index (χ4n) is 1.46. The SMILES string of the molecule is CC#CCCC(O)c1ccccc1OC(F)(F)F. The smallest absolute Gasteiger partial charge is 0.405 e. The summed E-state index contributed by atoms with van der Waals surface area (Å²) in [4.78, 5) is 0. The van der Waals surface area contributed by atoms with Crippen molar-refractivity contribution in [2.45, 2.75) is 32.2 Å². The van der Waals surface area contributed by atoms with Crippen molar-refractivity contribution in [3.8, 4) is 17.6 Å². The van der Waals surface area contributed by atoms with E-state index in [2.05, 4.69) is 16.6 Å². The minimum Gasteiger partial charge on any atom is -0.405 e. The zero-order valence-corrected chi connectivity index (χ0v) is 9.79. The van der Waals surface area contributed by atoms with E-state index in [-0.39, 0.29) is 17.7 Å². The van der Waals surface area contributed by atoms with Gasteiger partial charge in [0.25, 0.3) is 0 Å². The Bertz CT molecular complexity index is 444. The number of benzene rings is 1. The van der Waals surface area contributed by atoms with Crippen LogP contribution in [-0.2, 0) is 0 Å². The monoisotopic (exact) mass is 258 g/mol. The molecule has 1 aromatic carbocycles. The second-order valence-electron chi connectivity index (χ2n) is 3.57. The molecule has 0 amide bonds. The highest BCUT2D eigenvalue weighted by Gasteiger charge is 2.32. The molecule has 5 heteroatoms. The van der Waals surface area contributed by atoms with Gasteiger partial charge in [-0.2, -0.15) is 0 Å². The van der Waals surface area contributed by atoms with Gasteiger partial charge in [-0.3, -0.25) is 0 Å². The van der Waals surface area contributed by atoms with Crippen molar-refractivity contribution in [3.63, 3.8) is 0 Å². The van der Waals surface area contributed by atoms with Gasteiger partial charge in [-0.05, 0) is 19.4 Å². The van der Waals surface area contributed by atoms with Crippen LogP contribution in [0.15, 0.2) is 24.3 Å². The molecule has 0 saturated heterocycles. The van der Waals surface area contributed by atoms with Gasteiger partial charge in [0, 0.05) is 12.0 Å². The summed E-state index contributed by atoms with van der Waals surface area (Å²) in [5.74, 6) is 5.03. The maximum atomic E-state index is 12.2. The standard InChI is InChI=1S/C13H13F3O2/c1-2-3-4-8-11(17)10-7-5-6-9-12(10)18-13(14,15)16/h5-7,9,11,17H,4,8H2,1H3. The summed E-state index contributed by atoms with van der Waals surface area (Å²) in [5, 5.41) is 9.81. The molecule has 1 unspecified atom stereocenters. The molecule has 1 atom stereocenters. The van der Waals surface area contributed by atoms with Crippen molar-refractivity contribution in [1.29, 1.82) is 0 Å². The van der Waals surface area contributed by atoms with Gasteiger partial charge >= 0.3 is 6.36 Å². The molecule has 0 fully saturated rings. The Morgan fingerprint density at radius 1 is 1.33 bits per heavy atom. The molecule has 1 aromatic rings. The van der Waals surface area contributed by atoms with E-state index in [9.17, 15) is 18.3 Å². The first-order valence-corrected chi connectivity index (χ1v) is 5.36. The van der Waals surface area contributed by atoms with Crippen molar-refractivity contribution in [2.24, 2.45) is 0 Å². The van der Waals surface area contributed by atoms with E-state index >= 15 is 0 Å². The molecule has 0 aromatic heterocycles. The molecule has 1 rings (SSSR count). The Kier molecular flexibility index (Phi) is 5.05. The first kappa shape index (κ1) is 14.4. The van der Waals surface area contributed by atoms with Crippen molar-refractivity contribution < 1.29 is 23.0 Å². The number of alkyl halides is 3. The molecule has 0 aliphatic carbocycles. The first-order chi connectivity index (χ1) is 8.44. The van der Waals surface area contributed by atoms with E-state index in [1.807, 2.05) is 0 Å². The van der Waals surface area contributed by atoms with Crippen LogP contribution in [0.25, 0.3) is 0 Å². The van der Waals surface area contributed by atoms with Crippen LogP contribution in [-0.4, -0.2) is 11.5 Å². The van der Waals surface area contributed by atoms with Crippen LogP contribution in [0.2, 0.25) is 0 Å². The Morgan fingerprint density at radius 2 is 2.00 bits per heavy atom. The second-order valence-corrected chi connectivity index (χ2v) is 3.57. The van der Waals surface area contributed by atoms with Gasteiger partial charge in [-0.1, -0.05) is 18.2 Å². The zero-order valence-electron chi connectivity index (χ0n) is 9.79. The summed E-state index contributed by atoms with van der Waals surface area (Å²) in [6.07, 6.45) is -5.11. The minimum atomic E-state index is -4.76. The summed E-state index contributed by atoms with van der Waals surface area (Å²) in [6, 6.07) is 5.55. The molecule has 0 spiro atoms. The molecular weight excluding hydrogens is 245 g/mol. The molecule has 1 N–H and O–H groups in total. The number of hydrogen-bond acceptors (Lipinski definition) is 2. The van der Waals surface area contributed by atoms with Gasteiger partial charge in [0.2, 0.25) is 0 Å². The maximum Gasteiger partial charge on any atom is 0.573 e. The topological polar surface area (TPSA) is 29.5 Å². The molecule has 0 bridgehead atoms. The van der Waals surface area contributed by atoms with Gasteiger partial charge in [-0.25, -0.2) is 0 Å². The number of rotatable bonds is 4. The van der Waals surface area contributed by atoms with E-state index < -0.39 is 12.5 Å². The van der Waals surface area contributed by atoms with Crippen LogP contribution in [0.5, 0.6) is 5.75 Å². The molecular formula is C13H13F3O2. The largest absolute Gasteiger partial charge is 0.573 e. The Morgan fingerprint density at radius 3 is 2.61 bits per heavy atom. The lowest BCUT2D eigenvalue weighted by Gasteiger charge is -2.16. The quantitative estimate of drug-likeness (QED) is 0.838. The lowest BCUT2D eigenvalue weighted by atomic mass is 10.0. The normalized spacial score (nSPS) is 12.5. The number of aliphatic hydroxyl groups excluding tert-OH is 1. The summed E-state index contributed by atoms with van der Waals surface area (Å²) in [7, 11) is 0. The second kappa shape index (κ2) is 6.31. The van der Waals surface area contributed by atoms with E-state index in [0.717, 1.165) is 0 Å². The Balaban J connectivity index is 2.83. The molecule has 0 aliphatic rings. The van der Waals surface area contributed by atoms with Crippen LogP contribution in [0.3, 0.4) is 0 Å². The number of para-hydroxylation sites is 1. The van der Waals surface area contributed by atoms with E-state index in [1.165, 1.54) is 18.2 Å². The number of halogens is 3. The lowest BCUT2D eigenvalue weighted by Crippen LogP contribution is -2.18. The van der Waals surface area contributed by atoms with Crippen molar-refractivity contribution in [2.75, 3.05) is 0 Å².